The van der Waals surface area contributed by atoms with Gasteiger partial charge in [0.05, 0.1) is 25.0 Å². The van der Waals surface area contributed by atoms with Gasteiger partial charge in [0, 0.05) is 13.8 Å². The molecule has 0 bridgehead atoms. The molecular formula is C30H43N6O13P. The lowest BCUT2D eigenvalue weighted by atomic mass is 9.92. The molecule has 3 N–H and O–H groups in total. The topological polar surface area (TPSA) is 251 Å². The quantitative estimate of drug-likeness (QED) is 0.103. The summed E-state index contributed by atoms with van der Waals surface area (Å²) in [6.45, 7) is 8.98. The zero-order valence-corrected chi connectivity index (χ0v) is 29.7. The van der Waals surface area contributed by atoms with Gasteiger partial charge in [-0.25, -0.2) is 23.9 Å². The Morgan fingerprint density at radius 3 is 2.38 bits per heavy atom. The van der Waals surface area contributed by atoms with Crippen molar-refractivity contribution in [1.29, 1.82) is 5.26 Å². The third-order valence-corrected chi connectivity index (χ3v) is 9.13. The smallest absolute Gasteiger partial charge is 0.464 e. The lowest BCUT2D eigenvalue weighted by Crippen LogP contribution is -2.45. The van der Waals surface area contributed by atoms with Gasteiger partial charge in [-0.2, -0.15) is 10.4 Å². The SMILES string of the molecule is CCC(CC)COC(=O)[C@H](C)NP(=O)(OCOC(=O)OC(C)C)OC[C@H]1O[C@@](C#N)(c2ccc3c(N)ncnn23)[C@H](OC(C)=O)[C@@H]1OC(C)=O. The Balaban J connectivity index is 1.96. The van der Waals surface area contributed by atoms with Crippen molar-refractivity contribution >= 4 is 43.1 Å². The minimum atomic E-state index is -4.63. The van der Waals surface area contributed by atoms with E-state index in [1.54, 1.807) is 13.8 Å². The van der Waals surface area contributed by atoms with Crippen molar-refractivity contribution in [2.24, 2.45) is 5.92 Å². The molecular weight excluding hydrogens is 683 g/mol. The first-order chi connectivity index (χ1) is 23.6. The summed E-state index contributed by atoms with van der Waals surface area (Å²) in [5.41, 5.74) is 4.10. The lowest BCUT2D eigenvalue weighted by molar-refractivity contribution is -0.166. The van der Waals surface area contributed by atoms with Crippen molar-refractivity contribution < 1.29 is 61.2 Å². The third-order valence-electron chi connectivity index (χ3n) is 7.49. The number of nitrogens with zero attached hydrogens (tertiary/aromatic N) is 4. The van der Waals surface area contributed by atoms with Crippen LogP contribution in [0.4, 0.5) is 10.6 Å². The Morgan fingerprint density at radius 1 is 1.10 bits per heavy atom. The van der Waals surface area contributed by atoms with Crippen LogP contribution in [0.5, 0.6) is 0 Å². The number of nitrogen functional groups attached to an aromatic ring is 1. The standard InChI is InChI=1S/C30H43N6O13P/c1-8-21(9-2)12-42-28(39)18(5)35-50(41,45-16-43-29(40)46-17(3)4)44-13-23-25(47-19(6)37)26(48-20(7)38)30(14-31,49-23)24-11-10-22-27(32)33-15-34-36(22)24/h10-11,15,17-18,21,23,25-26H,8-9,12-13,16H2,1-7H3,(H,35,41)(H2,32,33,34)/t18-,23+,25+,26+,30-,50?/m0/s1. The minimum absolute atomic E-state index is 0.0263. The predicted molar refractivity (Wildman–Crippen MR) is 171 cm³/mol. The van der Waals surface area contributed by atoms with Crippen LogP contribution in [-0.2, 0) is 62.0 Å². The van der Waals surface area contributed by atoms with Gasteiger partial charge in [0.1, 0.15) is 30.1 Å². The minimum Gasteiger partial charge on any atom is -0.464 e. The van der Waals surface area contributed by atoms with Gasteiger partial charge in [0.15, 0.2) is 18.0 Å². The number of ether oxygens (including phenoxy) is 6. The highest BCUT2D eigenvalue weighted by Crippen LogP contribution is 2.48. The highest BCUT2D eigenvalue weighted by molar-refractivity contribution is 7.51. The number of aromatic nitrogens is 3. The fourth-order valence-corrected chi connectivity index (χ4v) is 6.30. The number of carbonyl (C=O) groups excluding carboxylic acids is 4. The first-order valence-electron chi connectivity index (χ1n) is 15.8. The van der Waals surface area contributed by atoms with Gasteiger partial charge in [-0.3, -0.25) is 23.4 Å². The van der Waals surface area contributed by atoms with Crippen LogP contribution in [0, 0.1) is 17.2 Å². The Hall–Kier alpha value is -4.34. The van der Waals surface area contributed by atoms with E-state index in [1.807, 2.05) is 19.9 Å². The van der Waals surface area contributed by atoms with Gasteiger partial charge in [-0.05, 0) is 38.8 Å². The molecule has 3 heterocycles. The van der Waals surface area contributed by atoms with Crippen LogP contribution >= 0.6 is 7.75 Å². The fourth-order valence-electron chi connectivity index (χ4n) is 4.97. The maximum Gasteiger partial charge on any atom is 0.510 e. The Kier molecular flexibility index (Phi) is 14.1. The van der Waals surface area contributed by atoms with E-state index in [4.69, 9.17) is 43.2 Å². The van der Waals surface area contributed by atoms with Crippen LogP contribution in [0.3, 0.4) is 0 Å². The second-order valence-electron chi connectivity index (χ2n) is 11.5. The van der Waals surface area contributed by atoms with Gasteiger partial charge in [-0.15, -0.1) is 0 Å². The third kappa shape index (κ3) is 9.88. The zero-order valence-electron chi connectivity index (χ0n) is 28.9. The molecule has 1 aliphatic rings. The van der Waals surface area contributed by atoms with E-state index in [0.717, 1.165) is 33.0 Å². The zero-order chi connectivity index (χ0) is 37.2. The van der Waals surface area contributed by atoms with Crippen LogP contribution in [0.15, 0.2) is 18.5 Å². The lowest BCUT2D eigenvalue weighted by Gasteiger charge is -2.28. The van der Waals surface area contributed by atoms with Crippen molar-refractivity contribution in [3.05, 3.63) is 24.2 Å². The predicted octanol–water partition coefficient (Wildman–Crippen LogP) is 2.91. The van der Waals surface area contributed by atoms with Crippen molar-refractivity contribution in [2.75, 3.05) is 25.7 Å². The molecule has 1 fully saturated rings. The summed E-state index contributed by atoms with van der Waals surface area (Å²) in [5.74, 6) is -2.30. The van der Waals surface area contributed by atoms with E-state index in [1.165, 1.54) is 23.6 Å². The van der Waals surface area contributed by atoms with E-state index in [9.17, 15) is 29.0 Å². The number of nitrogens with two attached hydrogens (primary N) is 1. The molecule has 0 spiro atoms. The van der Waals surface area contributed by atoms with Crippen molar-refractivity contribution in [1.82, 2.24) is 19.7 Å². The molecule has 2 aromatic rings. The molecule has 276 valence electrons. The highest BCUT2D eigenvalue weighted by atomic mass is 31.2. The van der Waals surface area contributed by atoms with E-state index >= 15 is 0 Å². The van der Waals surface area contributed by atoms with Crippen LogP contribution in [0.25, 0.3) is 5.52 Å². The average Bonchev–Trinajstić information content (AvgIpc) is 3.60. The molecule has 0 aromatic carbocycles. The molecule has 0 amide bonds. The largest absolute Gasteiger partial charge is 0.510 e. The first kappa shape index (κ1) is 40.1. The second kappa shape index (κ2) is 17.5. The molecule has 20 heteroatoms. The van der Waals surface area contributed by atoms with Crippen LogP contribution in [-0.4, -0.2) is 89.1 Å². The molecule has 1 unspecified atom stereocenters. The molecule has 19 nitrogen and oxygen atoms in total. The average molecular weight is 727 g/mol. The second-order valence-corrected chi connectivity index (χ2v) is 13.3. The van der Waals surface area contributed by atoms with Crippen LogP contribution in [0.2, 0.25) is 0 Å². The van der Waals surface area contributed by atoms with Gasteiger partial charge in [0.25, 0.3) is 0 Å². The number of nitriles is 1. The number of esters is 3. The number of fused-ring (bicyclic) bond motifs is 1. The van der Waals surface area contributed by atoms with Crippen molar-refractivity contribution in [2.45, 2.75) is 97.4 Å². The number of hydrogen-bond acceptors (Lipinski definition) is 17. The van der Waals surface area contributed by atoms with E-state index in [0.29, 0.717) is 0 Å². The normalized spacial score (nSPS) is 22.0. The summed E-state index contributed by atoms with van der Waals surface area (Å²) in [6, 6.07) is 3.67. The maximum atomic E-state index is 14.1. The number of carbonyl (C=O) groups is 4. The van der Waals surface area contributed by atoms with E-state index in [-0.39, 0.29) is 29.6 Å². The summed E-state index contributed by atoms with van der Waals surface area (Å²) in [4.78, 5) is 53.3. The van der Waals surface area contributed by atoms with Gasteiger partial charge in [0.2, 0.25) is 12.4 Å². The Morgan fingerprint density at radius 2 is 1.78 bits per heavy atom. The highest BCUT2D eigenvalue weighted by Gasteiger charge is 2.62. The van der Waals surface area contributed by atoms with Gasteiger partial charge < -0.3 is 34.2 Å². The summed E-state index contributed by atoms with van der Waals surface area (Å²) in [5, 5.41) is 17.2. The summed E-state index contributed by atoms with van der Waals surface area (Å²) < 4.78 is 58.5. The number of anilines is 1. The molecule has 0 aliphatic carbocycles. The Bertz CT molecular complexity index is 1610. The van der Waals surface area contributed by atoms with Gasteiger partial charge in [-0.1, -0.05) is 26.7 Å². The monoisotopic (exact) mass is 726 g/mol. The van der Waals surface area contributed by atoms with Crippen molar-refractivity contribution in [3.8, 4) is 6.07 Å². The Labute approximate surface area is 288 Å². The number of rotatable bonds is 17. The van der Waals surface area contributed by atoms with Gasteiger partial charge >= 0.3 is 31.8 Å². The molecule has 0 saturated carbocycles. The summed E-state index contributed by atoms with van der Waals surface area (Å²) in [7, 11) is -4.63. The summed E-state index contributed by atoms with van der Waals surface area (Å²) >= 11 is 0. The maximum absolute atomic E-state index is 14.1. The molecule has 0 radical (unpaired) electrons. The van der Waals surface area contributed by atoms with Crippen LogP contribution in [0.1, 0.15) is 67.0 Å². The number of hydrogen-bond donors (Lipinski definition) is 2. The molecule has 50 heavy (non-hydrogen) atoms. The van der Waals surface area contributed by atoms with E-state index in [2.05, 4.69) is 15.2 Å². The molecule has 1 saturated heterocycles. The van der Waals surface area contributed by atoms with Crippen LogP contribution < -0.4 is 10.8 Å². The first-order valence-corrected chi connectivity index (χ1v) is 17.3. The summed E-state index contributed by atoms with van der Waals surface area (Å²) in [6.07, 6.45) is -3.59. The number of nitrogens with one attached hydrogen (secondary N) is 1. The molecule has 6 atom stereocenters. The molecule has 3 rings (SSSR count). The fraction of sp³-hybridized carbons (Fsp3) is 0.633. The molecule has 2 aromatic heterocycles. The van der Waals surface area contributed by atoms with Crippen molar-refractivity contribution in [3.63, 3.8) is 0 Å². The van der Waals surface area contributed by atoms with E-state index < -0.39 is 81.3 Å². The molecule has 1 aliphatic heterocycles.